The molecule has 1 aliphatic heterocycles. The summed E-state index contributed by atoms with van der Waals surface area (Å²) in [6, 6.07) is 8.02. The summed E-state index contributed by atoms with van der Waals surface area (Å²) >= 11 is 3.40. The Kier molecular flexibility index (Phi) is 6.89. The van der Waals surface area contributed by atoms with Crippen LogP contribution in [0.1, 0.15) is 39.5 Å². The number of hydrogen-bond acceptors (Lipinski definition) is 4. The van der Waals surface area contributed by atoms with Gasteiger partial charge >= 0.3 is 5.97 Å². The number of esters is 1. The minimum absolute atomic E-state index is 0.346. The van der Waals surface area contributed by atoms with Crippen molar-refractivity contribution in [3.63, 3.8) is 0 Å². The number of halogens is 1. The van der Waals surface area contributed by atoms with E-state index in [4.69, 9.17) is 4.74 Å². The number of hydrogen-bond donors (Lipinski definition) is 1. The first-order chi connectivity index (χ1) is 11.2. The van der Waals surface area contributed by atoms with Crippen LogP contribution >= 0.6 is 15.9 Å². The van der Waals surface area contributed by atoms with E-state index in [9.17, 15) is 4.79 Å². The van der Waals surface area contributed by atoms with E-state index in [0.29, 0.717) is 18.5 Å². The van der Waals surface area contributed by atoms with E-state index in [1.807, 2.05) is 31.2 Å². The Labute approximate surface area is 146 Å². The summed E-state index contributed by atoms with van der Waals surface area (Å²) in [6.07, 6.45) is 4.36. The largest absolute Gasteiger partial charge is 0.460 e. The van der Waals surface area contributed by atoms with Crippen molar-refractivity contribution >= 4 is 33.4 Å². The second kappa shape index (κ2) is 8.91. The molecule has 0 bridgehead atoms. The second-order valence-electron chi connectivity index (χ2n) is 5.53. The van der Waals surface area contributed by atoms with Gasteiger partial charge < -0.3 is 9.64 Å². The van der Waals surface area contributed by atoms with Gasteiger partial charge in [-0.05, 0) is 56.9 Å². The van der Waals surface area contributed by atoms with Gasteiger partial charge in [0.2, 0.25) is 5.84 Å². The molecule has 0 saturated carbocycles. The van der Waals surface area contributed by atoms with E-state index in [-0.39, 0.29) is 5.97 Å². The number of nitrogens with zero attached hydrogens (tertiary/aromatic N) is 2. The molecule has 23 heavy (non-hydrogen) atoms. The number of likely N-dealkylation sites (tertiary alicyclic amines) is 1. The van der Waals surface area contributed by atoms with E-state index in [2.05, 4.69) is 38.3 Å². The lowest BCUT2D eigenvalue weighted by Crippen LogP contribution is -2.47. The topological polar surface area (TPSA) is 53.9 Å². The Morgan fingerprint density at radius 1 is 1.35 bits per heavy atom. The van der Waals surface area contributed by atoms with Crippen LogP contribution in [-0.2, 0) is 9.53 Å². The predicted molar refractivity (Wildman–Crippen MR) is 96.5 cm³/mol. The van der Waals surface area contributed by atoms with Gasteiger partial charge in [0.1, 0.15) is 0 Å². The zero-order valence-electron chi connectivity index (χ0n) is 13.7. The number of carbonyl (C=O) groups excluding carboxylic acids is 1. The number of ether oxygens (including phenoxy) is 1. The standard InChI is InChI=1S/C17H24BrN3O2/c1-3-15-7-5-6-12-21(15)16(17(22)23-4-2)20-19-14-10-8-13(18)9-11-14/h8-11,15,19H,3-7,12H2,1-2H3/b20-16-/t15-/m1/s1. The van der Waals surface area contributed by atoms with Crippen molar-refractivity contribution in [2.45, 2.75) is 45.6 Å². The number of carbonyl (C=O) groups is 1. The molecular formula is C17H24BrN3O2. The summed E-state index contributed by atoms with van der Waals surface area (Å²) in [6.45, 7) is 5.15. The van der Waals surface area contributed by atoms with Crippen LogP contribution in [0.15, 0.2) is 33.8 Å². The minimum atomic E-state index is -0.363. The molecule has 1 aromatic carbocycles. The van der Waals surface area contributed by atoms with Crippen molar-refractivity contribution in [1.82, 2.24) is 4.90 Å². The van der Waals surface area contributed by atoms with Gasteiger partial charge in [0.15, 0.2) is 0 Å². The minimum Gasteiger partial charge on any atom is -0.460 e. The molecule has 0 spiro atoms. The van der Waals surface area contributed by atoms with Gasteiger partial charge in [-0.3, -0.25) is 5.43 Å². The fourth-order valence-corrected chi connectivity index (χ4v) is 3.03. The highest BCUT2D eigenvalue weighted by atomic mass is 79.9. The summed E-state index contributed by atoms with van der Waals surface area (Å²) in [5.74, 6) is 0.0128. The molecule has 0 aliphatic carbocycles. The third-order valence-corrected chi connectivity index (χ3v) is 4.49. The highest BCUT2D eigenvalue weighted by Gasteiger charge is 2.29. The lowest BCUT2D eigenvalue weighted by atomic mass is 10.00. The summed E-state index contributed by atoms with van der Waals surface area (Å²) in [5, 5.41) is 4.37. The van der Waals surface area contributed by atoms with Gasteiger partial charge in [0.05, 0.1) is 12.3 Å². The Morgan fingerprint density at radius 3 is 2.74 bits per heavy atom. The van der Waals surface area contributed by atoms with Crippen molar-refractivity contribution in [2.24, 2.45) is 5.10 Å². The molecule has 1 N–H and O–H groups in total. The van der Waals surface area contributed by atoms with Crippen molar-refractivity contribution in [2.75, 3.05) is 18.6 Å². The van der Waals surface area contributed by atoms with Crippen molar-refractivity contribution in [1.29, 1.82) is 0 Å². The first kappa shape index (κ1) is 17.8. The van der Waals surface area contributed by atoms with Crippen LogP contribution in [-0.4, -0.2) is 35.9 Å². The maximum Gasteiger partial charge on any atom is 0.376 e. The number of hydrazone groups is 1. The molecule has 1 heterocycles. The van der Waals surface area contributed by atoms with Crippen LogP contribution in [0, 0.1) is 0 Å². The maximum absolute atomic E-state index is 12.3. The molecule has 126 valence electrons. The highest BCUT2D eigenvalue weighted by molar-refractivity contribution is 9.10. The first-order valence-electron chi connectivity index (χ1n) is 8.18. The molecule has 6 heteroatoms. The first-order valence-corrected chi connectivity index (χ1v) is 8.98. The quantitative estimate of drug-likeness (QED) is 0.370. The molecule has 5 nitrogen and oxygen atoms in total. The van der Waals surface area contributed by atoms with Gasteiger partial charge in [-0.25, -0.2) is 4.79 Å². The molecule has 2 rings (SSSR count). The molecule has 0 amide bonds. The average molecular weight is 382 g/mol. The van der Waals surface area contributed by atoms with E-state index in [0.717, 1.165) is 36.0 Å². The van der Waals surface area contributed by atoms with Crippen LogP contribution in [0.4, 0.5) is 5.69 Å². The van der Waals surface area contributed by atoms with Gasteiger partial charge in [0, 0.05) is 17.1 Å². The number of benzene rings is 1. The lowest BCUT2D eigenvalue weighted by molar-refractivity contribution is -0.136. The molecule has 0 radical (unpaired) electrons. The summed E-state index contributed by atoms with van der Waals surface area (Å²) < 4.78 is 6.20. The number of nitrogens with one attached hydrogen (secondary N) is 1. The van der Waals surface area contributed by atoms with Crippen LogP contribution in [0.25, 0.3) is 0 Å². The molecule has 1 atom stereocenters. The summed E-state index contributed by atoms with van der Waals surface area (Å²) in [5.41, 5.74) is 3.81. The molecule has 1 saturated heterocycles. The summed E-state index contributed by atoms with van der Waals surface area (Å²) in [4.78, 5) is 14.4. The number of amidine groups is 1. The number of rotatable bonds is 4. The van der Waals surface area contributed by atoms with Gasteiger partial charge in [-0.1, -0.05) is 22.9 Å². The molecular weight excluding hydrogens is 358 g/mol. The van der Waals surface area contributed by atoms with E-state index >= 15 is 0 Å². The Hall–Kier alpha value is -1.56. The summed E-state index contributed by atoms with van der Waals surface area (Å²) in [7, 11) is 0. The van der Waals surface area contributed by atoms with Crippen LogP contribution in [0.5, 0.6) is 0 Å². The SMILES string of the molecule is CCOC(=O)/C(=N/Nc1ccc(Br)cc1)N1CCCC[C@H]1CC. The molecule has 1 fully saturated rings. The van der Waals surface area contributed by atoms with Gasteiger partial charge in [-0.15, -0.1) is 5.10 Å². The Balaban J connectivity index is 2.20. The van der Waals surface area contributed by atoms with E-state index in [1.54, 1.807) is 0 Å². The zero-order valence-corrected chi connectivity index (χ0v) is 15.3. The molecule has 1 aromatic rings. The maximum atomic E-state index is 12.3. The fraction of sp³-hybridized carbons (Fsp3) is 0.529. The number of piperidine rings is 1. The third kappa shape index (κ3) is 4.96. The molecule has 0 aromatic heterocycles. The monoisotopic (exact) mass is 381 g/mol. The fourth-order valence-electron chi connectivity index (χ4n) is 2.77. The smallest absolute Gasteiger partial charge is 0.376 e. The molecule has 0 unspecified atom stereocenters. The van der Waals surface area contributed by atoms with Crippen molar-refractivity contribution < 1.29 is 9.53 Å². The lowest BCUT2D eigenvalue weighted by Gasteiger charge is -2.36. The van der Waals surface area contributed by atoms with Crippen LogP contribution in [0.3, 0.4) is 0 Å². The van der Waals surface area contributed by atoms with E-state index < -0.39 is 0 Å². The van der Waals surface area contributed by atoms with Gasteiger partial charge in [0.25, 0.3) is 0 Å². The van der Waals surface area contributed by atoms with Crippen LogP contribution in [0.2, 0.25) is 0 Å². The zero-order chi connectivity index (χ0) is 16.7. The third-order valence-electron chi connectivity index (χ3n) is 3.96. The predicted octanol–water partition coefficient (Wildman–Crippen LogP) is 4.00. The van der Waals surface area contributed by atoms with Crippen molar-refractivity contribution in [3.05, 3.63) is 28.7 Å². The normalized spacial score (nSPS) is 18.7. The number of anilines is 1. The second-order valence-corrected chi connectivity index (χ2v) is 6.44. The molecule has 1 aliphatic rings. The van der Waals surface area contributed by atoms with Crippen molar-refractivity contribution in [3.8, 4) is 0 Å². The van der Waals surface area contributed by atoms with Crippen LogP contribution < -0.4 is 5.43 Å². The highest BCUT2D eigenvalue weighted by Crippen LogP contribution is 2.21. The van der Waals surface area contributed by atoms with Gasteiger partial charge in [-0.2, -0.15) is 0 Å². The Morgan fingerprint density at radius 2 is 2.09 bits per heavy atom. The Bertz CT molecular complexity index is 545. The van der Waals surface area contributed by atoms with E-state index in [1.165, 1.54) is 6.42 Å². The average Bonchev–Trinajstić information content (AvgIpc) is 2.57.